The molecule has 1 aromatic heterocycles. The molecular formula is C24H25N3O3S. The van der Waals surface area contributed by atoms with Crippen molar-refractivity contribution >= 4 is 26.6 Å². The Balaban J connectivity index is 1.45. The third-order valence-corrected chi connectivity index (χ3v) is 8.01. The lowest BCUT2D eigenvalue weighted by Crippen LogP contribution is -2.49. The van der Waals surface area contributed by atoms with Crippen LogP contribution in [0.5, 0.6) is 0 Å². The molecule has 5 rings (SSSR count). The molecule has 0 radical (unpaired) electrons. The zero-order valence-electron chi connectivity index (χ0n) is 17.3. The highest BCUT2D eigenvalue weighted by atomic mass is 32.2. The number of carbonyl (C=O) groups is 1. The monoisotopic (exact) mass is 435 g/mol. The van der Waals surface area contributed by atoms with Crippen LogP contribution in [0.3, 0.4) is 0 Å². The molecule has 1 aliphatic carbocycles. The summed E-state index contributed by atoms with van der Waals surface area (Å²) in [7, 11) is -3.92. The van der Waals surface area contributed by atoms with Gasteiger partial charge >= 0.3 is 0 Å². The van der Waals surface area contributed by atoms with Gasteiger partial charge in [0.1, 0.15) is 0 Å². The predicted octanol–water partition coefficient (Wildman–Crippen LogP) is 3.24. The highest BCUT2D eigenvalue weighted by Gasteiger charge is 2.31. The molecule has 1 aliphatic heterocycles. The van der Waals surface area contributed by atoms with Crippen molar-refractivity contribution in [3.8, 4) is 0 Å². The zero-order valence-corrected chi connectivity index (χ0v) is 18.1. The molecule has 3 aromatic rings. The minimum Gasteiger partial charge on any atom is -0.336 e. The van der Waals surface area contributed by atoms with Gasteiger partial charge in [-0.2, -0.15) is 0 Å². The maximum absolute atomic E-state index is 13.6. The van der Waals surface area contributed by atoms with Crippen LogP contribution in [0, 0.1) is 5.92 Å². The number of amides is 1. The van der Waals surface area contributed by atoms with Gasteiger partial charge in [-0.25, -0.2) is 8.42 Å². The number of benzene rings is 2. The molecule has 0 bridgehead atoms. The average molecular weight is 436 g/mol. The molecule has 1 amide bonds. The number of hydrogen-bond donors (Lipinski definition) is 0. The SMILES string of the molecule is O=C(c1ccccc1S(=O)(=O)c1cccc2cccnc12)N1CCN(CC2CC2)CC1. The van der Waals surface area contributed by atoms with Gasteiger partial charge in [0.2, 0.25) is 9.84 Å². The molecule has 0 N–H and O–H groups in total. The van der Waals surface area contributed by atoms with Gasteiger partial charge in [0.15, 0.2) is 0 Å². The first kappa shape index (κ1) is 20.2. The van der Waals surface area contributed by atoms with Crippen molar-refractivity contribution in [3.05, 3.63) is 66.4 Å². The van der Waals surface area contributed by atoms with E-state index in [2.05, 4.69) is 9.88 Å². The predicted molar refractivity (Wildman–Crippen MR) is 119 cm³/mol. The lowest BCUT2D eigenvalue weighted by atomic mass is 10.1. The van der Waals surface area contributed by atoms with Gasteiger partial charge < -0.3 is 4.90 Å². The molecule has 160 valence electrons. The number of carbonyl (C=O) groups excluding carboxylic acids is 1. The van der Waals surface area contributed by atoms with Crippen molar-refractivity contribution in [1.82, 2.24) is 14.8 Å². The number of piperazine rings is 1. The van der Waals surface area contributed by atoms with Crippen molar-refractivity contribution in [3.63, 3.8) is 0 Å². The molecule has 7 heteroatoms. The van der Waals surface area contributed by atoms with E-state index in [9.17, 15) is 13.2 Å². The third-order valence-electron chi connectivity index (χ3n) is 6.17. The van der Waals surface area contributed by atoms with Crippen LogP contribution in [0.2, 0.25) is 0 Å². The molecular weight excluding hydrogens is 410 g/mol. The summed E-state index contributed by atoms with van der Waals surface area (Å²) in [5.41, 5.74) is 0.645. The van der Waals surface area contributed by atoms with E-state index in [-0.39, 0.29) is 21.3 Å². The largest absolute Gasteiger partial charge is 0.336 e. The summed E-state index contributed by atoms with van der Waals surface area (Å²) >= 11 is 0. The second-order valence-corrected chi connectivity index (χ2v) is 10.3. The Morgan fingerprint density at radius 3 is 2.39 bits per heavy atom. The van der Waals surface area contributed by atoms with Gasteiger partial charge in [-0.3, -0.25) is 14.7 Å². The van der Waals surface area contributed by atoms with Crippen molar-refractivity contribution in [2.45, 2.75) is 22.6 Å². The Bertz CT molecular complexity index is 1220. The Morgan fingerprint density at radius 1 is 0.903 bits per heavy atom. The fourth-order valence-corrected chi connectivity index (χ4v) is 5.88. The summed E-state index contributed by atoms with van der Waals surface area (Å²) in [5.74, 6) is 0.598. The summed E-state index contributed by atoms with van der Waals surface area (Å²) in [4.78, 5) is 22.0. The number of para-hydroxylation sites is 1. The van der Waals surface area contributed by atoms with E-state index >= 15 is 0 Å². The average Bonchev–Trinajstić information content (AvgIpc) is 3.63. The number of aromatic nitrogens is 1. The van der Waals surface area contributed by atoms with Crippen molar-refractivity contribution in [1.29, 1.82) is 0 Å². The lowest BCUT2D eigenvalue weighted by molar-refractivity contribution is 0.0628. The van der Waals surface area contributed by atoms with E-state index in [0.29, 0.717) is 18.6 Å². The molecule has 1 saturated heterocycles. The molecule has 2 fully saturated rings. The minimum absolute atomic E-state index is 0.0403. The summed E-state index contributed by atoms with van der Waals surface area (Å²) in [6, 6.07) is 15.2. The Kier molecular flexibility index (Phi) is 5.24. The van der Waals surface area contributed by atoms with Crippen LogP contribution in [0.25, 0.3) is 10.9 Å². The number of pyridine rings is 1. The third kappa shape index (κ3) is 3.95. The zero-order chi connectivity index (χ0) is 21.4. The molecule has 2 aliphatic rings. The van der Waals surface area contributed by atoms with E-state index < -0.39 is 9.84 Å². The second kappa shape index (κ2) is 8.05. The highest BCUT2D eigenvalue weighted by molar-refractivity contribution is 7.91. The minimum atomic E-state index is -3.92. The molecule has 1 saturated carbocycles. The van der Waals surface area contributed by atoms with Crippen LogP contribution in [0.1, 0.15) is 23.2 Å². The fraction of sp³-hybridized carbons (Fsp3) is 0.333. The van der Waals surface area contributed by atoms with Crippen LogP contribution in [-0.2, 0) is 9.84 Å². The first-order valence-electron chi connectivity index (χ1n) is 10.7. The molecule has 6 nitrogen and oxygen atoms in total. The van der Waals surface area contributed by atoms with Crippen LogP contribution >= 0.6 is 0 Å². The molecule has 0 spiro atoms. The number of sulfone groups is 1. The lowest BCUT2D eigenvalue weighted by Gasteiger charge is -2.35. The van der Waals surface area contributed by atoms with E-state index in [4.69, 9.17) is 0 Å². The maximum atomic E-state index is 13.6. The number of hydrogen-bond acceptors (Lipinski definition) is 5. The van der Waals surface area contributed by atoms with Crippen molar-refractivity contribution in [2.24, 2.45) is 5.92 Å². The summed E-state index contributed by atoms with van der Waals surface area (Å²) < 4.78 is 27.2. The Morgan fingerprint density at radius 2 is 1.61 bits per heavy atom. The number of rotatable bonds is 5. The Labute approximate surface area is 182 Å². The first-order chi connectivity index (χ1) is 15.0. The quantitative estimate of drug-likeness (QED) is 0.615. The first-order valence-corrected chi connectivity index (χ1v) is 12.2. The summed E-state index contributed by atoms with van der Waals surface area (Å²) in [5, 5.41) is 0.749. The maximum Gasteiger partial charge on any atom is 0.255 e. The van der Waals surface area contributed by atoms with E-state index in [1.807, 2.05) is 12.1 Å². The van der Waals surface area contributed by atoms with Crippen LogP contribution in [0.4, 0.5) is 0 Å². The van der Waals surface area contributed by atoms with Crippen molar-refractivity contribution < 1.29 is 13.2 Å². The summed E-state index contributed by atoms with van der Waals surface area (Å²) in [6.45, 7) is 4.03. The van der Waals surface area contributed by atoms with E-state index in [1.54, 1.807) is 47.5 Å². The van der Waals surface area contributed by atoms with E-state index in [0.717, 1.165) is 30.9 Å². The van der Waals surface area contributed by atoms with Gasteiger partial charge in [-0.05, 0) is 43.0 Å². The molecule has 31 heavy (non-hydrogen) atoms. The molecule has 2 heterocycles. The topological polar surface area (TPSA) is 70.6 Å². The van der Waals surface area contributed by atoms with Crippen molar-refractivity contribution in [2.75, 3.05) is 32.7 Å². The van der Waals surface area contributed by atoms with E-state index in [1.165, 1.54) is 18.9 Å². The van der Waals surface area contributed by atoms with Crippen LogP contribution < -0.4 is 0 Å². The van der Waals surface area contributed by atoms with Gasteiger partial charge in [0.25, 0.3) is 5.91 Å². The summed E-state index contributed by atoms with van der Waals surface area (Å²) in [6.07, 6.45) is 4.21. The van der Waals surface area contributed by atoms with Gasteiger partial charge in [-0.1, -0.05) is 30.3 Å². The molecule has 0 unspecified atom stereocenters. The van der Waals surface area contributed by atoms with Gasteiger partial charge in [-0.15, -0.1) is 0 Å². The van der Waals surface area contributed by atoms with Gasteiger partial charge in [0.05, 0.1) is 20.9 Å². The Hall–Kier alpha value is -2.77. The highest BCUT2D eigenvalue weighted by Crippen LogP contribution is 2.31. The molecule has 0 atom stereocenters. The normalized spacial score (nSPS) is 17.7. The standard InChI is InChI=1S/C24H25N3O3S/c28-24(27-15-13-26(14-16-27)17-18-10-11-18)20-7-1-2-8-21(20)31(29,30)22-9-3-5-19-6-4-12-25-23(19)22/h1-9,12,18H,10-11,13-17H2. The number of nitrogens with zero attached hydrogens (tertiary/aromatic N) is 3. The fourth-order valence-electron chi connectivity index (χ4n) is 4.26. The molecule has 2 aromatic carbocycles. The van der Waals surface area contributed by atoms with Crippen LogP contribution in [-0.4, -0.2) is 61.8 Å². The van der Waals surface area contributed by atoms with Gasteiger partial charge in [0, 0.05) is 44.3 Å². The smallest absolute Gasteiger partial charge is 0.255 e. The van der Waals surface area contributed by atoms with Crippen LogP contribution in [0.15, 0.2) is 70.6 Å². The number of fused-ring (bicyclic) bond motifs is 1. The second-order valence-electron chi connectivity index (χ2n) is 8.37.